The van der Waals surface area contributed by atoms with Crippen LogP contribution in [0.5, 0.6) is 0 Å². The van der Waals surface area contributed by atoms with Crippen molar-refractivity contribution in [1.82, 2.24) is 15.4 Å². The molecule has 1 fully saturated rings. The van der Waals surface area contributed by atoms with Crippen molar-refractivity contribution in [2.45, 2.75) is 42.2 Å². The highest BCUT2D eigenvalue weighted by atomic mass is 32.2. The Morgan fingerprint density at radius 3 is 2.71 bits per heavy atom. The molecule has 0 radical (unpaired) electrons. The van der Waals surface area contributed by atoms with E-state index in [0.29, 0.717) is 15.7 Å². The molecule has 1 aromatic heterocycles. The third kappa shape index (κ3) is 3.40. The zero-order valence-electron chi connectivity index (χ0n) is 12.9. The van der Waals surface area contributed by atoms with Gasteiger partial charge in [-0.1, -0.05) is 25.3 Å². The van der Waals surface area contributed by atoms with Crippen LogP contribution >= 0.6 is 11.8 Å². The molecule has 0 atom stereocenters. The third-order valence-corrected chi connectivity index (χ3v) is 5.46. The Morgan fingerprint density at radius 2 is 2.04 bits per heavy atom. The molecular formula is C15H17N5O3S. The number of aromatic amines is 1. The topological polar surface area (TPSA) is 128 Å². The van der Waals surface area contributed by atoms with E-state index in [9.17, 15) is 14.9 Å². The number of nitrogens with zero attached hydrogens (tertiary/aromatic N) is 3. The number of nitrogens with two attached hydrogens (primary N) is 1. The SMILES string of the molecule is NC(=O)c1n[nH]nc1-c1ccc(SC2CCCCC2)c([N+](=O)[O-])c1. The number of amides is 1. The molecule has 3 rings (SSSR count). The molecular weight excluding hydrogens is 330 g/mol. The fourth-order valence-corrected chi connectivity index (χ4v) is 4.20. The second-order valence-electron chi connectivity index (χ2n) is 5.70. The summed E-state index contributed by atoms with van der Waals surface area (Å²) in [5.74, 6) is -0.734. The molecule has 0 spiro atoms. The molecule has 0 aliphatic heterocycles. The highest BCUT2D eigenvalue weighted by molar-refractivity contribution is 8.00. The molecule has 24 heavy (non-hydrogen) atoms. The maximum Gasteiger partial charge on any atom is 0.283 e. The fraction of sp³-hybridized carbons (Fsp3) is 0.400. The number of hydrogen-bond acceptors (Lipinski definition) is 6. The number of nitrogens with one attached hydrogen (secondary N) is 1. The minimum atomic E-state index is -0.734. The Morgan fingerprint density at radius 1 is 1.29 bits per heavy atom. The van der Waals surface area contributed by atoms with Gasteiger partial charge in [0.1, 0.15) is 5.69 Å². The summed E-state index contributed by atoms with van der Waals surface area (Å²) in [7, 11) is 0. The van der Waals surface area contributed by atoms with Gasteiger partial charge in [0.15, 0.2) is 5.69 Å². The Labute approximate surface area is 142 Å². The molecule has 3 N–H and O–H groups in total. The third-order valence-electron chi connectivity index (χ3n) is 4.06. The van der Waals surface area contributed by atoms with Crippen molar-refractivity contribution in [3.63, 3.8) is 0 Å². The van der Waals surface area contributed by atoms with Crippen LogP contribution < -0.4 is 5.73 Å². The average molecular weight is 347 g/mol. The lowest BCUT2D eigenvalue weighted by Gasteiger charge is -2.20. The lowest BCUT2D eigenvalue weighted by molar-refractivity contribution is -0.387. The summed E-state index contributed by atoms with van der Waals surface area (Å²) in [6.07, 6.45) is 5.74. The molecule has 8 nitrogen and oxygen atoms in total. The van der Waals surface area contributed by atoms with Crippen LogP contribution in [0.15, 0.2) is 23.1 Å². The van der Waals surface area contributed by atoms with Crippen molar-refractivity contribution >= 4 is 23.4 Å². The number of benzene rings is 1. The van der Waals surface area contributed by atoms with Crippen LogP contribution in [0.2, 0.25) is 0 Å². The van der Waals surface area contributed by atoms with Gasteiger partial charge in [-0.3, -0.25) is 14.9 Å². The quantitative estimate of drug-likeness (QED) is 0.632. The van der Waals surface area contributed by atoms with E-state index in [1.807, 2.05) is 0 Å². The molecule has 1 aliphatic carbocycles. The minimum absolute atomic E-state index is 0.0153. The number of nitro groups is 1. The lowest BCUT2D eigenvalue weighted by Crippen LogP contribution is -2.12. The number of aromatic nitrogens is 3. The summed E-state index contributed by atoms with van der Waals surface area (Å²) < 4.78 is 0. The van der Waals surface area contributed by atoms with E-state index in [1.54, 1.807) is 23.9 Å². The Kier molecular flexibility index (Phi) is 4.79. The van der Waals surface area contributed by atoms with Crippen molar-refractivity contribution in [2.24, 2.45) is 5.73 Å². The predicted octanol–water partition coefficient (Wildman–Crippen LogP) is 2.90. The second-order valence-corrected chi connectivity index (χ2v) is 7.04. The molecule has 2 aromatic rings. The van der Waals surface area contributed by atoms with E-state index in [1.165, 1.54) is 25.3 Å². The highest BCUT2D eigenvalue weighted by Crippen LogP contribution is 2.39. The van der Waals surface area contributed by atoms with Crippen LogP contribution in [0.25, 0.3) is 11.3 Å². The first-order valence-electron chi connectivity index (χ1n) is 7.72. The lowest BCUT2D eigenvalue weighted by atomic mass is 10.0. The van der Waals surface area contributed by atoms with E-state index < -0.39 is 10.8 Å². The largest absolute Gasteiger partial charge is 0.364 e. The van der Waals surface area contributed by atoms with Gasteiger partial charge in [-0.15, -0.1) is 11.8 Å². The van der Waals surface area contributed by atoms with E-state index in [4.69, 9.17) is 5.73 Å². The van der Waals surface area contributed by atoms with Crippen LogP contribution in [-0.2, 0) is 0 Å². The Balaban J connectivity index is 1.93. The number of carbonyl (C=O) groups is 1. The maximum atomic E-state index is 11.5. The van der Waals surface area contributed by atoms with Gasteiger partial charge in [0.05, 0.1) is 9.82 Å². The van der Waals surface area contributed by atoms with Gasteiger partial charge in [0, 0.05) is 16.9 Å². The van der Waals surface area contributed by atoms with Crippen molar-refractivity contribution in [3.8, 4) is 11.3 Å². The zero-order chi connectivity index (χ0) is 17.1. The molecule has 1 aliphatic rings. The second kappa shape index (κ2) is 7.00. The normalized spacial score (nSPS) is 15.3. The molecule has 0 bridgehead atoms. The Bertz CT molecular complexity index is 770. The van der Waals surface area contributed by atoms with E-state index in [0.717, 1.165) is 12.8 Å². The van der Waals surface area contributed by atoms with Crippen molar-refractivity contribution in [2.75, 3.05) is 0 Å². The van der Waals surface area contributed by atoms with Crippen molar-refractivity contribution < 1.29 is 9.72 Å². The number of H-pyrrole nitrogens is 1. The van der Waals surface area contributed by atoms with Gasteiger partial charge >= 0.3 is 0 Å². The summed E-state index contributed by atoms with van der Waals surface area (Å²) in [6.45, 7) is 0. The number of rotatable bonds is 5. The first-order chi connectivity index (χ1) is 11.6. The summed E-state index contributed by atoms with van der Waals surface area (Å²) in [5, 5.41) is 21.8. The van der Waals surface area contributed by atoms with Crippen molar-refractivity contribution in [3.05, 3.63) is 34.0 Å². The molecule has 9 heteroatoms. The standard InChI is InChI=1S/C15H17N5O3S/c16-15(21)14-13(17-19-18-14)9-6-7-12(11(8-9)20(22)23)24-10-4-2-1-3-5-10/h6-8,10H,1-5H2,(H2,16,21)(H,17,18,19). The number of primary amides is 1. The molecule has 1 heterocycles. The number of carbonyl (C=O) groups excluding carboxylic acids is 1. The molecule has 1 amide bonds. The first-order valence-corrected chi connectivity index (χ1v) is 8.60. The maximum absolute atomic E-state index is 11.5. The summed E-state index contributed by atoms with van der Waals surface area (Å²) in [4.78, 5) is 23.1. The minimum Gasteiger partial charge on any atom is -0.364 e. The van der Waals surface area contributed by atoms with Gasteiger partial charge in [-0.2, -0.15) is 15.4 Å². The monoisotopic (exact) mass is 347 g/mol. The van der Waals surface area contributed by atoms with E-state index >= 15 is 0 Å². The molecule has 126 valence electrons. The molecule has 0 unspecified atom stereocenters. The van der Waals surface area contributed by atoms with Crippen LogP contribution in [-0.4, -0.2) is 31.5 Å². The van der Waals surface area contributed by atoms with Gasteiger partial charge in [0.25, 0.3) is 11.6 Å². The smallest absolute Gasteiger partial charge is 0.283 e. The van der Waals surface area contributed by atoms with E-state index in [-0.39, 0.29) is 17.1 Å². The fourth-order valence-electron chi connectivity index (χ4n) is 2.87. The molecule has 1 saturated carbocycles. The molecule has 1 aromatic carbocycles. The zero-order valence-corrected chi connectivity index (χ0v) is 13.7. The van der Waals surface area contributed by atoms with Crippen LogP contribution in [0.1, 0.15) is 42.6 Å². The Hall–Kier alpha value is -2.42. The summed E-state index contributed by atoms with van der Waals surface area (Å²) in [5.41, 5.74) is 5.90. The van der Waals surface area contributed by atoms with Crippen LogP contribution in [0.3, 0.4) is 0 Å². The summed E-state index contributed by atoms with van der Waals surface area (Å²) >= 11 is 1.56. The van der Waals surface area contributed by atoms with E-state index in [2.05, 4.69) is 15.4 Å². The van der Waals surface area contributed by atoms with Gasteiger partial charge in [0.2, 0.25) is 0 Å². The predicted molar refractivity (Wildman–Crippen MR) is 89.7 cm³/mol. The average Bonchev–Trinajstić information content (AvgIpc) is 3.06. The van der Waals surface area contributed by atoms with Gasteiger partial charge < -0.3 is 5.73 Å². The van der Waals surface area contributed by atoms with Gasteiger partial charge in [-0.25, -0.2) is 0 Å². The first kappa shape index (κ1) is 16.4. The van der Waals surface area contributed by atoms with Crippen LogP contribution in [0, 0.1) is 10.1 Å². The van der Waals surface area contributed by atoms with Crippen molar-refractivity contribution in [1.29, 1.82) is 0 Å². The van der Waals surface area contributed by atoms with Crippen LogP contribution in [0.4, 0.5) is 5.69 Å². The number of thioether (sulfide) groups is 1. The highest BCUT2D eigenvalue weighted by Gasteiger charge is 2.23. The summed E-state index contributed by atoms with van der Waals surface area (Å²) in [6, 6.07) is 4.85. The number of nitro benzene ring substituents is 1. The molecule has 0 saturated heterocycles. The number of hydrogen-bond donors (Lipinski definition) is 2. The van der Waals surface area contributed by atoms with Gasteiger partial charge in [-0.05, 0) is 18.9 Å².